The summed E-state index contributed by atoms with van der Waals surface area (Å²) < 4.78 is 10.7. The summed E-state index contributed by atoms with van der Waals surface area (Å²) in [5.74, 6) is 1.20. The van der Waals surface area contributed by atoms with Crippen LogP contribution in [0.2, 0.25) is 0 Å². The molecule has 0 aliphatic carbocycles. The molecule has 0 atom stereocenters. The summed E-state index contributed by atoms with van der Waals surface area (Å²) in [5, 5.41) is 10.7. The number of hydrogen-bond acceptors (Lipinski definition) is 5. The fraction of sp³-hybridized carbons (Fsp3) is 0.381. The summed E-state index contributed by atoms with van der Waals surface area (Å²) in [4.78, 5) is 24.0. The predicted molar refractivity (Wildman–Crippen MR) is 103 cm³/mol. The van der Waals surface area contributed by atoms with Gasteiger partial charge < -0.3 is 14.4 Å². The van der Waals surface area contributed by atoms with Gasteiger partial charge in [0.25, 0.3) is 5.69 Å². The van der Waals surface area contributed by atoms with Gasteiger partial charge in [-0.05, 0) is 42.0 Å². The summed E-state index contributed by atoms with van der Waals surface area (Å²) in [6.45, 7) is 2.90. The largest absolute Gasteiger partial charge is 0.415 e. The lowest BCUT2D eigenvalue weighted by Crippen LogP contribution is -2.49. The molecule has 2 aliphatic heterocycles. The first kappa shape index (κ1) is 18.4. The summed E-state index contributed by atoms with van der Waals surface area (Å²) >= 11 is 0. The minimum absolute atomic E-state index is 0.0342. The average Bonchev–Trinajstić information content (AvgIpc) is 2.68. The molecule has 7 heteroatoms. The van der Waals surface area contributed by atoms with Gasteiger partial charge in [0.2, 0.25) is 0 Å². The Kier molecular flexibility index (Phi) is 5.25. The Morgan fingerprint density at radius 1 is 0.964 bits per heavy atom. The highest BCUT2D eigenvalue weighted by atomic mass is 16.6. The highest BCUT2D eigenvalue weighted by Crippen LogP contribution is 2.31. The number of non-ortho nitro benzene ring substituents is 1. The third kappa shape index (κ3) is 3.99. The van der Waals surface area contributed by atoms with Crippen molar-refractivity contribution in [1.82, 2.24) is 4.90 Å². The maximum atomic E-state index is 12.2. The second-order valence-electron chi connectivity index (χ2n) is 7.27. The van der Waals surface area contributed by atoms with Gasteiger partial charge >= 0.3 is 6.09 Å². The zero-order chi connectivity index (χ0) is 19.5. The highest BCUT2D eigenvalue weighted by Gasteiger charge is 2.33. The molecular formula is C21H22N2O5. The zero-order valence-corrected chi connectivity index (χ0v) is 15.5. The van der Waals surface area contributed by atoms with E-state index in [-0.39, 0.29) is 5.69 Å². The summed E-state index contributed by atoms with van der Waals surface area (Å²) in [5.41, 5.74) is 2.56. The molecule has 0 spiro atoms. The zero-order valence-electron chi connectivity index (χ0n) is 15.5. The number of nitro benzene ring substituents is 1. The lowest BCUT2D eigenvalue weighted by molar-refractivity contribution is -0.384. The molecule has 2 fully saturated rings. The topological polar surface area (TPSA) is 81.9 Å². The van der Waals surface area contributed by atoms with E-state index in [2.05, 4.69) is 24.3 Å². The monoisotopic (exact) mass is 382 g/mol. The van der Waals surface area contributed by atoms with Gasteiger partial charge in [-0.25, -0.2) is 4.79 Å². The minimum atomic E-state index is -0.487. The molecule has 146 valence electrons. The van der Waals surface area contributed by atoms with Crippen LogP contribution in [0.15, 0.2) is 48.5 Å². The first-order valence-electron chi connectivity index (χ1n) is 9.49. The van der Waals surface area contributed by atoms with Gasteiger partial charge in [-0.15, -0.1) is 0 Å². The lowest BCUT2D eigenvalue weighted by Gasteiger charge is -2.38. The summed E-state index contributed by atoms with van der Waals surface area (Å²) in [6.07, 6.45) is 1.72. The van der Waals surface area contributed by atoms with Crippen molar-refractivity contribution in [3.63, 3.8) is 0 Å². The SMILES string of the molecule is O=C(Oc1ccc([N+](=O)[O-])cc1)N1CC(c2ccc(C3CCOCC3)cc2)C1. The third-order valence-corrected chi connectivity index (χ3v) is 5.49. The predicted octanol–water partition coefficient (Wildman–Crippen LogP) is 4.09. The van der Waals surface area contributed by atoms with Gasteiger partial charge in [-0.1, -0.05) is 24.3 Å². The van der Waals surface area contributed by atoms with Crippen LogP contribution in [-0.4, -0.2) is 42.2 Å². The quantitative estimate of drug-likeness (QED) is 0.588. The number of carbonyl (C=O) groups excluding carboxylic acids is 1. The first-order valence-corrected chi connectivity index (χ1v) is 9.49. The second kappa shape index (κ2) is 7.98. The molecule has 2 heterocycles. The van der Waals surface area contributed by atoms with Gasteiger partial charge in [0.15, 0.2) is 0 Å². The van der Waals surface area contributed by atoms with Crippen LogP contribution in [0.3, 0.4) is 0 Å². The number of nitro groups is 1. The Morgan fingerprint density at radius 3 is 2.11 bits per heavy atom. The van der Waals surface area contributed by atoms with Gasteiger partial charge in [0, 0.05) is 44.4 Å². The molecular weight excluding hydrogens is 360 g/mol. The molecule has 0 radical (unpaired) electrons. The Balaban J connectivity index is 1.28. The average molecular weight is 382 g/mol. The van der Waals surface area contributed by atoms with E-state index < -0.39 is 11.0 Å². The molecule has 28 heavy (non-hydrogen) atoms. The van der Waals surface area contributed by atoms with Gasteiger partial charge in [-0.2, -0.15) is 0 Å². The fourth-order valence-electron chi connectivity index (χ4n) is 3.71. The van der Waals surface area contributed by atoms with Crippen LogP contribution in [0.1, 0.15) is 35.8 Å². The summed E-state index contributed by atoms with van der Waals surface area (Å²) in [7, 11) is 0. The number of rotatable bonds is 4. The van der Waals surface area contributed by atoms with E-state index >= 15 is 0 Å². The Bertz CT molecular complexity index is 838. The second-order valence-corrected chi connectivity index (χ2v) is 7.27. The van der Waals surface area contributed by atoms with Crippen molar-refractivity contribution >= 4 is 11.8 Å². The van der Waals surface area contributed by atoms with Crippen molar-refractivity contribution in [3.8, 4) is 5.75 Å². The number of benzene rings is 2. The van der Waals surface area contributed by atoms with Crippen molar-refractivity contribution < 1.29 is 19.2 Å². The molecule has 2 aliphatic rings. The Hall–Kier alpha value is -2.93. The third-order valence-electron chi connectivity index (χ3n) is 5.49. The molecule has 0 bridgehead atoms. The number of carbonyl (C=O) groups is 1. The Morgan fingerprint density at radius 2 is 1.54 bits per heavy atom. The molecule has 0 aromatic heterocycles. The lowest BCUT2D eigenvalue weighted by atomic mass is 9.87. The normalized spacial score (nSPS) is 17.8. The van der Waals surface area contributed by atoms with E-state index in [1.165, 1.54) is 35.4 Å². The molecule has 2 saturated heterocycles. The van der Waals surface area contributed by atoms with Crippen LogP contribution in [0.4, 0.5) is 10.5 Å². The van der Waals surface area contributed by atoms with Crippen molar-refractivity contribution in [2.24, 2.45) is 0 Å². The maximum absolute atomic E-state index is 12.2. The molecule has 2 aromatic rings. The molecule has 7 nitrogen and oxygen atoms in total. The van der Waals surface area contributed by atoms with Crippen molar-refractivity contribution in [3.05, 3.63) is 69.8 Å². The summed E-state index contributed by atoms with van der Waals surface area (Å²) in [6, 6.07) is 14.2. The van der Waals surface area contributed by atoms with Crippen molar-refractivity contribution in [2.75, 3.05) is 26.3 Å². The fourth-order valence-corrected chi connectivity index (χ4v) is 3.71. The molecule has 2 aromatic carbocycles. The van der Waals surface area contributed by atoms with E-state index in [4.69, 9.17) is 9.47 Å². The van der Waals surface area contributed by atoms with Crippen molar-refractivity contribution in [1.29, 1.82) is 0 Å². The molecule has 0 N–H and O–H groups in total. The van der Waals surface area contributed by atoms with E-state index in [1.807, 2.05) is 0 Å². The van der Waals surface area contributed by atoms with Gasteiger partial charge in [0.05, 0.1) is 4.92 Å². The molecule has 0 saturated carbocycles. The number of ether oxygens (including phenoxy) is 2. The molecule has 4 rings (SSSR count). The van der Waals surface area contributed by atoms with Crippen LogP contribution in [0, 0.1) is 10.1 Å². The van der Waals surface area contributed by atoms with E-state index in [1.54, 1.807) is 4.90 Å². The number of amides is 1. The standard InChI is InChI=1S/C21H22N2O5/c24-21(28-20-7-5-19(6-8-20)23(25)26)22-13-18(14-22)16-3-1-15(2-4-16)17-9-11-27-12-10-17/h1-8,17-18H,9-14H2. The smallest absolute Gasteiger partial charge is 0.410 e. The molecule has 1 amide bonds. The molecule has 0 unspecified atom stereocenters. The van der Waals surface area contributed by atoms with E-state index in [0.717, 1.165) is 26.1 Å². The van der Waals surface area contributed by atoms with Crippen LogP contribution in [0.5, 0.6) is 5.75 Å². The van der Waals surface area contributed by atoms with Gasteiger partial charge in [-0.3, -0.25) is 10.1 Å². The Labute approximate surface area is 163 Å². The number of nitrogens with zero attached hydrogens (tertiary/aromatic N) is 2. The van der Waals surface area contributed by atoms with Gasteiger partial charge in [0.1, 0.15) is 5.75 Å². The minimum Gasteiger partial charge on any atom is -0.410 e. The van der Waals surface area contributed by atoms with E-state index in [0.29, 0.717) is 30.7 Å². The van der Waals surface area contributed by atoms with Crippen LogP contribution >= 0.6 is 0 Å². The van der Waals surface area contributed by atoms with Crippen LogP contribution in [0.25, 0.3) is 0 Å². The van der Waals surface area contributed by atoms with Crippen LogP contribution in [-0.2, 0) is 4.74 Å². The maximum Gasteiger partial charge on any atom is 0.415 e. The number of likely N-dealkylation sites (tertiary alicyclic amines) is 1. The van der Waals surface area contributed by atoms with Crippen LogP contribution < -0.4 is 4.74 Å². The van der Waals surface area contributed by atoms with E-state index in [9.17, 15) is 14.9 Å². The first-order chi connectivity index (χ1) is 13.6. The highest BCUT2D eigenvalue weighted by molar-refractivity contribution is 5.72. The number of hydrogen-bond donors (Lipinski definition) is 0. The van der Waals surface area contributed by atoms with Crippen molar-refractivity contribution in [2.45, 2.75) is 24.7 Å².